The lowest BCUT2D eigenvalue weighted by Crippen LogP contribution is -2.06. The molecule has 21 heavy (non-hydrogen) atoms. The first-order valence-corrected chi connectivity index (χ1v) is 6.57. The number of halogens is 2. The van der Waals surface area contributed by atoms with Gasteiger partial charge in [0.15, 0.2) is 0 Å². The van der Waals surface area contributed by atoms with Gasteiger partial charge in [-0.25, -0.2) is 8.78 Å². The second-order valence-corrected chi connectivity index (χ2v) is 4.54. The van der Waals surface area contributed by atoms with Gasteiger partial charge in [0.1, 0.15) is 29.7 Å². The van der Waals surface area contributed by atoms with E-state index in [1.165, 1.54) is 12.1 Å². The summed E-state index contributed by atoms with van der Waals surface area (Å²) >= 11 is 0. The van der Waals surface area contributed by atoms with Gasteiger partial charge in [-0.1, -0.05) is 0 Å². The van der Waals surface area contributed by atoms with E-state index in [0.717, 1.165) is 11.6 Å². The summed E-state index contributed by atoms with van der Waals surface area (Å²) in [5.41, 5.74) is 6.76. The summed E-state index contributed by atoms with van der Waals surface area (Å²) < 4.78 is 37.2. The maximum Gasteiger partial charge on any atom is 0.132 e. The lowest BCUT2D eigenvalue weighted by atomic mass is 10.1. The van der Waals surface area contributed by atoms with Crippen molar-refractivity contribution < 1.29 is 18.3 Å². The first-order chi connectivity index (χ1) is 10.1. The van der Waals surface area contributed by atoms with E-state index in [1.807, 2.05) is 6.07 Å². The summed E-state index contributed by atoms with van der Waals surface area (Å²) in [6.07, 6.45) is 0.623. The van der Waals surface area contributed by atoms with Crippen LogP contribution in [0.2, 0.25) is 0 Å². The molecule has 0 aromatic heterocycles. The number of hydrogen-bond acceptors (Lipinski definition) is 3. The van der Waals surface area contributed by atoms with Crippen LogP contribution in [0.5, 0.6) is 11.5 Å². The molecule has 0 atom stereocenters. The normalized spacial score (nSPS) is 10.5. The van der Waals surface area contributed by atoms with Gasteiger partial charge in [0.2, 0.25) is 0 Å². The highest BCUT2D eigenvalue weighted by Crippen LogP contribution is 2.25. The van der Waals surface area contributed by atoms with E-state index in [9.17, 15) is 8.78 Å². The van der Waals surface area contributed by atoms with Crippen LogP contribution in [-0.2, 0) is 13.0 Å². The number of hydrogen-bond donors (Lipinski definition) is 1. The molecule has 0 radical (unpaired) electrons. The van der Waals surface area contributed by atoms with Crippen molar-refractivity contribution in [2.45, 2.75) is 13.0 Å². The van der Waals surface area contributed by atoms with Crippen LogP contribution in [0.3, 0.4) is 0 Å². The Hall–Kier alpha value is -2.14. The third-order valence-electron chi connectivity index (χ3n) is 3.08. The molecule has 0 aliphatic carbocycles. The smallest absolute Gasteiger partial charge is 0.132 e. The number of ether oxygens (including phenoxy) is 2. The number of benzene rings is 2. The van der Waals surface area contributed by atoms with Gasteiger partial charge in [-0.3, -0.25) is 0 Å². The Morgan fingerprint density at radius 2 is 1.86 bits per heavy atom. The first kappa shape index (κ1) is 15.3. The zero-order chi connectivity index (χ0) is 15.2. The highest BCUT2D eigenvalue weighted by atomic mass is 19.1. The van der Waals surface area contributed by atoms with E-state index in [0.29, 0.717) is 30.0 Å². The molecule has 0 aliphatic rings. The molecule has 0 amide bonds. The van der Waals surface area contributed by atoms with Crippen LogP contribution < -0.4 is 15.2 Å². The molecule has 2 aromatic rings. The molecule has 2 rings (SSSR count). The summed E-state index contributed by atoms with van der Waals surface area (Å²) in [7, 11) is 1.58. The van der Waals surface area contributed by atoms with Crippen molar-refractivity contribution >= 4 is 0 Å². The van der Waals surface area contributed by atoms with Crippen molar-refractivity contribution in [2.75, 3.05) is 13.7 Å². The molecular formula is C16H17F2NO2. The minimum absolute atomic E-state index is 0.0238. The minimum Gasteiger partial charge on any atom is -0.497 e. The Labute approximate surface area is 122 Å². The topological polar surface area (TPSA) is 44.5 Å². The third kappa shape index (κ3) is 3.92. The molecular weight excluding hydrogens is 276 g/mol. The first-order valence-electron chi connectivity index (χ1n) is 6.57. The number of rotatable bonds is 6. The molecule has 0 fully saturated rings. The number of methoxy groups -OCH3 is 1. The van der Waals surface area contributed by atoms with E-state index < -0.39 is 11.6 Å². The maximum atomic E-state index is 13.6. The SMILES string of the molecule is COc1ccc(OCc2ccc(F)cc2F)c(CCN)c1. The van der Waals surface area contributed by atoms with E-state index in [4.69, 9.17) is 15.2 Å². The highest BCUT2D eigenvalue weighted by Gasteiger charge is 2.08. The second kappa shape index (κ2) is 7.04. The molecule has 2 aromatic carbocycles. The van der Waals surface area contributed by atoms with E-state index in [2.05, 4.69) is 0 Å². The van der Waals surface area contributed by atoms with Crippen LogP contribution in [0.4, 0.5) is 8.78 Å². The van der Waals surface area contributed by atoms with Gasteiger partial charge in [0.05, 0.1) is 7.11 Å². The fourth-order valence-corrected chi connectivity index (χ4v) is 1.97. The van der Waals surface area contributed by atoms with Crippen LogP contribution >= 0.6 is 0 Å². The van der Waals surface area contributed by atoms with Crippen molar-refractivity contribution in [2.24, 2.45) is 5.73 Å². The molecule has 0 heterocycles. The zero-order valence-corrected chi connectivity index (χ0v) is 11.7. The maximum absolute atomic E-state index is 13.6. The molecule has 0 bridgehead atoms. The van der Waals surface area contributed by atoms with Crippen molar-refractivity contribution in [3.05, 3.63) is 59.2 Å². The predicted molar refractivity (Wildman–Crippen MR) is 76.4 cm³/mol. The third-order valence-corrected chi connectivity index (χ3v) is 3.08. The van der Waals surface area contributed by atoms with Crippen molar-refractivity contribution in [1.29, 1.82) is 0 Å². The average Bonchev–Trinajstić information content (AvgIpc) is 2.47. The molecule has 3 nitrogen and oxygen atoms in total. The van der Waals surface area contributed by atoms with Crippen LogP contribution in [0.1, 0.15) is 11.1 Å². The lowest BCUT2D eigenvalue weighted by Gasteiger charge is -2.13. The van der Waals surface area contributed by atoms with Crippen molar-refractivity contribution in [1.82, 2.24) is 0 Å². The van der Waals surface area contributed by atoms with Crippen molar-refractivity contribution in [3.63, 3.8) is 0 Å². The Morgan fingerprint density at radius 1 is 1.05 bits per heavy atom. The quantitative estimate of drug-likeness (QED) is 0.890. The molecule has 5 heteroatoms. The zero-order valence-electron chi connectivity index (χ0n) is 11.7. The predicted octanol–water partition coefficient (Wildman–Crippen LogP) is 3.05. The van der Waals surface area contributed by atoms with Crippen LogP contribution in [0, 0.1) is 11.6 Å². The van der Waals surface area contributed by atoms with Gasteiger partial charge in [-0.15, -0.1) is 0 Å². The second-order valence-electron chi connectivity index (χ2n) is 4.54. The largest absolute Gasteiger partial charge is 0.497 e. The van der Waals surface area contributed by atoms with E-state index in [-0.39, 0.29) is 6.61 Å². The van der Waals surface area contributed by atoms with Crippen molar-refractivity contribution in [3.8, 4) is 11.5 Å². The van der Waals surface area contributed by atoms with Gasteiger partial charge in [0.25, 0.3) is 0 Å². The fourth-order valence-electron chi connectivity index (χ4n) is 1.97. The van der Waals surface area contributed by atoms with Gasteiger partial charge in [0, 0.05) is 11.6 Å². The summed E-state index contributed by atoms with van der Waals surface area (Å²) in [6, 6.07) is 8.77. The Kier molecular flexibility index (Phi) is 5.11. The average molecular weight is 293 g/mol. The van der Waals surface area contributed by atoms with Gasteiger partial charge in [-0.2, -0.15) is 0 Å². The van der Waals surface area contributed by atoms with Gasteiger partial charge in [-0.05, 0) is 48.9 Å². The Bertz CT molecular complexity index is 617. The number of nitrogens with two attached hydrogens (primary N) is 1. The fraction of sp³-hybridized carbons (Fsp3) is 0.250. The summed E-state index contributed by atoms with van der Waals surface area (Å²) in [6.45, 7) is 0.491. The van der Waals surface area contributed by atoms with Crippen LogP contribution in [0.25, 0.3) is 0 Å². The summed E-state index contributed by atoms with van der Waals surface area (Å²) in [4.78, 5) is 0. The summed E-state index contributed by atoms with van der Waals surface area (Å²) in [5, 5.41) is 0. The van der Waals surface area contributed by atoms with Gasteiger partial charge >= 0.3 is 0 Å². The molecule has 0 saturated heterocycles. The van der Waals surface area contributed by atoms with E-state index >= 15 is 0 Å². The molecule has 112 valence electrons. The Morgan fingerprint density at radius 3 is 2.52 bits per heavy atom. The van der Waals surface area contributed by atoms with Gasteiger partial charge < -0.3 is 15.2 Å². The monoisotopic (exact) mass is 293 g/mol. The molecule has 2 N–H and O–H groups in total. The van der Waals surface area contributed by atoms with Crippen LogP contribution in [-0.4, -0.2) is 13.7 Å². The molecule has 0 saturated carbocycles. The van der Waals surface area contributed by atoms with E-state index in [1.54, 1.807) is 19.2 Å². The summed E-state index contributed by atoms with van der Waals surface area (Å²) in [5.74, 6) is 0.0946. The molecule has 0 aliphatic heterocycles. The Balaban J connectivity index is 2.15. The molecule has 0 unspecified atom stereocenters. The standard InChI is InChI=1S/C16H17F2NO2/c1-20-14-4-5-16(11(8-14)6-7-19)21-10-12-2-3-13(17)9-15(12)18/h2-5,8-9H,6-7,10,19H2,1H3. The molecule has 0 spiro atoms. The lowest BCUT2D eigenvalue weighted by molar-refractivity contribution is 0.295. The van der Waals surface area contributed by atoms with Crippen LogP contribution in [0.15, 0.2) is 36.4 Å². The minimum atomic E-state index is -0.621. The highest BCUT2D eigenvalue weighted by molar-refractivity contribution is 5.40.